The maximum absolute atomic E-state index is 11.7. The van der Waals surface area contributed by atoms with Gasteiger partial charge in [-0.25, -0.2) is 0 Å². The molecule has 0 aliphatic carbocycles. The molecule has 1 aromatic carbocycles. The van der Waals surface area contributed by atoms with Gasteiger partial charge in [0.05, 0.1) is 12.5 Å². The quantitative estimate of drug-likeness (QED) is 0.721. The van der Waals surface area contributed by atoms with Crippen LogP contribution in [-0.2, 0) is 9.59 Å². The summed E-state index contributed by atoms with van der Waals surface area (Å²) in [4.78, 5) is 22.5. The first-order valence-electron chi connectivity index (χ1n) is 6.99. The summed E-state index contributed by atoms with van der Waals surface area (Å²) in [5.74, 6) is -1.07. The van der Waals surface area contributed by atoms with E-state index in [1.165, 1.54) is 6.08 Å². The minimum absolute atomic E-state index is 0.127. The molecule has 0 fully saturated rings. The molecule has 0 bridgehead atoms. The zero-order valence-electron chi connectivity index (χ0n) is 12.3. The van der Waals surface area contributed by atoms with Crippen molar-refractivity contribution in [3.8, 4) is 5.75 Å². The molecule has 1 atom stereocenters. The highest BCUT2D eigenvalue weighted by molar-refractivity contribution is 5.92. The van der Waals surface area contributed by atoms with Crippen LogP contribution in [0.3, 0.4) is 0 Å². The molecular formula is C16H21NO4. The third kappa shape index (κ3) is 5.69. The third-order valence-electron chi connectivity index (χ3n) is 3.00. The molecule has 0 aromatic heterocycles. The lowest BCUT2D eigenvalue weighted by Gasteiger charge is -2.09. The molecule has 21 heavy (non-hydrogen) atoms. The number of para-hydroxylation sites is 1. The molecule has 5 nitrogen and oxygen atoms in total. The van der Waals surface area contributed by atoms with E-state index < -0.39 is 11.9 Å². The number of hydrogen-bond acceptors (Lipinski definition) is 3. The molecule has 0 radical (unpaired) electrons. The van der Waals surface area contributed by atoms with Crippen LogP contribution in [0.25, 0.3) is 6.08 Å². The molecule has 0 spiro atoms. The summed E-state index contributed by atoms with van der Waals surface area (Å²) >= 11 is 0. The van der Waals surface area contributed by atoms with Crippen molar-refractivity contribution >= 4 is 18.0 Å². The van der Waals surface area contributed by atoms with Crippen molar-refractivity contribution in [2.75, 3.05) is 13.2 Å². The Hall–Kier alpha value is -2.30. The molecule has 1 rings (SSSR count). The van der Waals surface area contributed by atoms with Crippen molar-refractivity contribution in [1.29, 1.82) is 0 Å². The van der Waals surface area contributed by atoms with E-state index in [2.05, 4.69) is 5.32 Å². The van der Waals surface area contributed by atoms with E-state index in [0.717, 1.165) is 5.56 Å². The van der Waals surface area contributed by atoms with Crippen molar-refractivity contribution in [2.45, 2.75) is 20.3 Å². The van der Waals surface area contributed by atoms with Crippen LogP contribution >= 0.6 is 0 Å². The van der Waals surface area contributed by atoms with Crippen molar-refractivity contribution in [3.63, 3.8) is 0 Å². The molecule has 2 N–H and O–H groups in total. The first kappa shape index (κ1) is 16.8. The second kappa shape index (κ2) is 8.79. The summed E-state index contributed by atoms with van der Waals surface area (Å²) in [6, 6.07) is 7.40. The Bertz CT molecular complexity index is 511. The SMILES string of the molecule is CCOc1ccccc1C=CC(=O)NCC(CC)C(=O)O. The van der Waals surface area contributed by atoms with Crippen LogP contribution in [0.15, 0.2) is 30.3 Å². The molecule has 1 amide bonds. The maximum atomic E-state index is 11.7. The maximum Gasteiger partial charge on any atom is 0.308 e. The standard InChI is InChI=1S/C16H21NO4/c1-3-12(16(19)20)11-17-15(18)10-9-13-7-5-6-8-14(13)21-4-2/h5-10,12H,3-4,11H2,1-2H3,(H,17,18)(H,19,20). The lowest BCUT2D eigenvalue weighted by molar-refractivity contribution is -0.141. The van der Waals surface area contributed by atoms with Crippen molar-refractivity contribution in [3.05, 3.63) is 35.9 Å². The van der Waals surface area contributed by atoms with Crippen LogP contribution in [0, 0.1) is 5.92 Å². The van der Waals surface area contributed by atoms with Gasteiger partial charge >= 0.3 is 5.97 Å². The zero-order chi connectivity index (χ0) is 15.7. The summed E-state index contributed by atoms with van der Waals surface area (Å²) in [7, 11) is 0. The summed E-state index contributed by atoms with van der Waals surface area (Å²) in [6.07, 6.45) is 3.51. The minimum atomic E-state index is -0.900. The third-order valence-corrected chi connectivity index (χ3v) is 3.00. The number of hydrogen-bond donors (Lipinski definition) is 2. The van der Waals surface area contributed by atoms with Gasteiger partial charge in [0, 0.05) is 18.2 Å². The van der Waals surface area contributed by atoms with Crippen molar-refractivity contribution in [2.24, 2.45) is 5.92 Å². The fourth-order valence-corrected chi connectivity index (χ4v) is 1.76. The van der Waals surface area contributed by atoms with Gasteiger partial charge in [-0.05, 0) is 25.5 Å². The molecule has 1 unspecified atom stereocenters. The number of carbonyl (C=O) groups is 2. The van der Waals surface area contributed by atoms with Crippen LogP contribution in [0.1, 0.15) is 25.8 Å². The Morgan fingerprint density at radius 1 is 1.33 bits per heavy atom. The Balaban J connectivity index is 2.60. The monoisotopic (exact) mass is 291 g/mol. The van der Waals surface area contributed by atoms with Gasteiger partial charge in [-0.15, -0.1) is 0 Å². The molecule has 114 valence electrons. The Kier molecular flexibility index (Phi) is 7.01. The fraction of sp³-hybridized carbons (Fsp3) is 0.375. The predicted octanol–water partition coefficient (Wildman–Crippen LogP) is 2.33. The van der Waals surface area contributed by atoms with Crippen LogP contribution in [-0.4, -0.2) is 30.1 Å². The number of nitrogens with one attached hydrogen (secondary N) is 1. The number of amides is 1. The largest absolute Gasteiger partial charge is 0.493 e. The normalized spacial score (nSPS) is 12.1. The van der Waals surface area contributed by atoms with Crippen molar-refractivity contribution in [1.82, 2.24) is 5.32 Å². The summed E-state index contributed by atoms with van der Waals surface area (Å²) in [5.41, 5.74) is 0.805. The number of benzene rings is 1. The van der Waals surface area contributed by atoms with E-state index in [0.29, 0.717) is 18.8 Å². The lowest BCUT2D eigenvalue weighted by atomic mass is 10.1. The minimum Gasteiger partial charge on any atom is -0.493 e. The number of carbonyl (C=O) groups excluding carboxylic acids is 1. The van der Waals surface area contributed by atoms with E-state index in [-0.39, 0.29) is 12.5 Å². The fourth-order valence-electron chi connectivity index (χ4n) is 1.76. The average Bonchev–Trinajstić information content (AvgIpc) is 2.47. The second-order valence-electron chi connectivity index (χ2n) is 4.49. The highest BCUT2D eigenvalue weighted by atomic mass is 16.5. The molecule has 0 saturated carbocycles. The average molecular weight is 291 g/mol. The van der Waals surface area contributed by atoms with E-state index in [4.69, 9.17) is 9.84 Å². The Labute approximate surface area is 124 Å². The lowest BCUT2D eigenvalue weighted by Crippen LogP contribution is -2.31. The second-order valence-corrected chi connectivity index (χ2v) is 4.49. The van der Waals surface area contributed by atoms with E-state index >= 15 is 0 Å². The molecule has 5 heteroatoms. The smallest absolute Gasteiger partial charge is 0.308 e. The van der Waals surface area contributed by atoms with Crippen molar-refractivity contribution < 1.29 is 19.4 Å². The molecule has 1 aromatic rings. The van der Waals surface area contributed by atoms with Gasteiger partial charge in [-0.3, -0.25) is 9.59 Å². The van der Waals surface area contributed by atoms with Gasteiger partial charge in [0.1, 0.15) is 5.75 Å². The van der Waals surface area contributed by atoms with Gasteiger partial charge in [-0.1, -0.05) is 25.1 Å². The summed E-state index contributed by atoms with van der Waals surface area (Å²) in [6.45, 7) is 4.35. The van der Waals surface area contributed by atoms with Gasteiger partial charge in [0.15, 0.2) is 0 Å². The number of rotatable bonds is 8. The predicted molar refractivity (Wildman–Crippen MR) is 81.1 cm³/mol. The number of aliphatic carboxylic acids is 1. The summed E-state index contributed by atoms with van der Waals surface area (Å²) < 4.78 is 5.46. The molecule has 0 saturated heterocycles. The number of ether oxygens (including phenoxy) is 1. The first-order chi connectivity index (χ1) is 10.1. The van der Waals surface area contributed by atoms with Crippen LogP contribution < -0.4 is 10.1 Å². The van der Waals surface area contributed by atoms with E-state index in [1.54, 1.807) is 13.0 Å². The molecule has 0 heterocycles. The van der Waals surface area contributed by atoms with Crippen LogP contribution in [0.4, 0.5) is 0 Å². The highest BCUT2D eigenvalue weighted by Gasteiger charge is 2.14. The topological polar surface area (TPSA) is 75.6 Å². The van der Waals surface area contributed by atoms with Crippen LogP contribution in [0.5, 0.6) is 5.75 Å². The van der Waals surface area contributed by atoms with Gasteiger partial charge < -0.3 is 15.2 Å². The van der Waals surface area contributed by atoms with Gasteiger partial charge in [-0.2, -0.15) is 0 Å². The number of carboxylic acids is 1. The highest BCUT2D eigenvalue weighted by Crippen LogP contribution is 2.19. The van der Waals surface area contributed by atoms with E-state index in [9.17, 15) is 9.59 Å². The Morgan fingerprint density at radius 2 is 2.05 bits per heavy atom. The molecular weight excluding hydrogens is 270 g/mol. The summed E-state index contributed by atoms with van der Waals surface area (Å²) in [5, 5.41) is 11.5. The molecule has 0 aliphatic heterocycles. The first-order valence-corrected chi connectivity index (χ1v) is 6.99. The number of carboxylic acid groups (broad SMARTS) is 1. The van der Waals surface area contributed by atoms with Crippen LogP contribution in [0.2, 0.25) is 0 Å². The Morgan fingerprint density at radius 3 is 2.67 bits per heavy atom. The molecule has 0 aliphatic rings. The van der Waals surface area contributed by atoms with Gasteiger partial charge in [0.2, 0.25) is 5.91 Å². The van der Waals surface area contributed by atoms with Gasteiger partial charge in [0.25, 0.3) is 0 Å². The van der Waals surface area contributed by atoms with E-state index in [1.807, 2.05) is 31.2 Å². The zero-order valence-corrected chi connectivity index (χ0v) is 12.3.